The normalized spacial score (nSPS) is 11.1. The summed E-state index contributed by atoms with van der Waals surface area (Å²) in [6.45, 7) is 6.27. The van der Waals surface area contributed by atoms with Crippen molar-refractivity contribution < 1.29 is 0 Å². The van der Waals surface area contributed by atoms with Crippen molar-refractivity contribution >= 4 is 45.9 Å². The van der Waals surface area contributed by atoms with Crippen LogP contribution in [0.5, 0.6) is 0 Å². The second-order valence-corrected chi connectivity index (χ2v) is 6.47. The molecule has 0 fully saturated rings. The Hall–Kier alpha value is -1.09. The number of nitrogens with zero attached hydrogens (tertiary/aromatic N) is 4. The Kier molecular flexibility index (Phi) is 8.75. The van der Waals surface area contributed by atoms with E-state index in [1.165, 1.54) is 5.69 Å². The summed E-state index contributed by atoms with van der Waals surface area (Å²) in [6.07, 6.45) is 2.06. The van der Waals surface area contributed by atoms with Gasteiger partial charge in [0.25, 0.3) is 0 Å². The molecule has 132 valence electrons. The van der Waals surface area contributed by atoms with Gasteiger partial charge in [-0.3, -0.25) is 4.98 Å². The topological polar surface area (TPSA) is 45.5 Å². The van der Waals surface area contributed by atoms with E-state index in [1.54, 1.807) is 0 Å². The Balaban J connectivity index is 0.00000288. The van der Waals surface area contributed by atoms with Crippen molar-refractivity contribution in [3.63, 3.8) is 0 Å². The average molecular weight is 506 g/mol. The van der Waals surface area contributed by atoms with Crippen LogP contribution in [0.15, 0.2) is 39.9 Å². The molecule has 0 bridgehead atoms. The molecule has 0 unspecified atom stereocenters. The fraction of sp³-hybridized carbons (Fsp3) is 0.412. The molecule has 2 aromatic rings. The molecule has 2 heterocycles. The van der Waals surface area contributed by atoms with Gasteiger partial charge in [0.1, 0.15) is 0 Å². The minimum atomic E-state index is 0. The summed E-state index contributed by atoms with van der Waals surface area (Å²) >= 11 is 3.52. The first-order valence-electron chi connectivity index (χ1n) is 7.72. The molecule has 2 aromatic heterocycles. The highest BCUT2D eigenvalue weighted by molar-refractivity contribution is 14.0. The summed E-state index contributed by atoms with van der Waals surface area (Å²) in [5.41, 5.74) is 3.22. The molecule has 0 amide bonds. The van der Waals surface area contributed by atoms with Crippen molar-refractivity contribution in [2.75, 3.05) is 13.6 Å². The zero-order chi connectivity index (χ0) is 16.8. The maximum Gasteiger partial charge on any atom is 0.194 e. The highest BCUT2D eigenvalue weighted by Crippen LogP contribution is 2.15. The summed E-state index contributed by atoms with van der Waals surface area (Å²) in [4.78, 5) is 11.3. The van der Waals surface area contributed by atoms with Crippen LogP contribution in [0.3, 0.4) is 0 Å². The number of nitrogens with one attached hydrogen (secondary N) is 1. The van der Waals surface area contributed by atoms with Gasteiger partial charge < -0.3 is 14.8 Å². The minimum Gasteiger partial charge on any atom is -0.357 e. The predicted octanol–water partition coefficient (Wildman–Crippen LogP) is 3.71. The summed E-state index contributed by atoms with van der Waals surface area (Å²) in [5, 5.41) is 3.34. The molecule has 0 aliphatic rings. The quantitative estimate of drug-likeness (QED) is 0.383. The summed E-state index contributed by atoms with van der Waals surface area (Å²) < 4.78 is 3.21. The van der Waals surface area contributed by atoms with Crippen LogP contribution in [0.4, 0.5) is 0 Å². The zero-order valence-corrected chi connectivity index (χ0v) is 18.5. The molecule has 0 aliphatic carbocycles. The smallest absolute Gasteiger partial charge is 0.194 e. The second kappa shape index (κ2) is 10.0. The predicted molar refractivity (Wildman–Crippen MR) is 114 cm³/mol. The van der Waals surface area contributed by atoms with Gasteiger partial charge in [-0.25, -0.2) is 4.99 Å². The molecule has 0 spiro atoms. The molecule has 24 heavy (non-hydrogen) atoms. The number of rotatable bonds is 5. The van der Waals surface area contributed by atoms with E-state index in [-0.39, 0.29) is 24.0 Å². The molecule has 0 saturated heterocycles. The van der Waals surface area contributed by atoms with Gasteiger partial charge in [-0.1, -0.05) is 6.07 Å². The lowest BCUT2D eigenvalue weighted by Crippen LogP contribution is -2.38. The van der Waals surface area contributed by atoms with Gasteiger partial charge in [0, 0.05) is 42.7 Å². The van der Waals surface area contributed by atoms with Gasteiger partial charge >= 0.3 is 0 Å². The zero-order valence-electron chi connectivity index (χ0n) is 14.6. The molecule has 0 saturated carbocycles. The van der Waals surface area contributed by atoms with Crippen LogP contribution in [-0.2, 0) is 20.1 Å². The number of guanidine groups is 1. The third kappa shape index (κ3) is 6.08. The Bertz CT molecular complexity index is 683. The van der Waals surface area contributed by atoms with Crippen LogP contribution in [-0.4, -0.2) is 34.0 Å². The molecule has 1 N–H and O–H groups in total. The van der Waals surface area contributed by atoms with Gasteiger partial charge in [-0.15, -0.1) is 24.0 Å². The lowest BCUT2D eigenvalue weighted by molar-refractivity contribution is 0.461. The Labute approximate surface area is 169 Å². The van der Waals surface area contributed by atoms with E-state index in [4.69, 9.17) is 4.99 Å². The Morgan fingerprint density at radius 1 is 1.42 bits per heavy atom. The third-order valence-electron chi connectivity index (χ3n) is 3.51. The molecule has 0 radical (unpaired) electrons. The molecular weight excluding hydrogens is 481 g/mol. The minimum absolute atomic E-state index is 0. The van der Waals surface area contributed by atoms with E-state index in [0.29, 0.717) is 6.54 Å². The van der Waals surface area contributed by atoms with Crippen molar-refractivity contribution in [3.05, 3.63) is 52.0 Å². The maximum absolute atomic E-state index is 4.71. The van der Waals surface area contributed by atoms with E-state index < -0.39 is 0 Å². The van der Waals surface area contributed by atoms with Crippen molar-refractivity contribution in [2.24, 2.45) is 12.0 Å². The number of hydrogen-bond acceptors (Lipinski definition) is 2. The van der Waals surface area contributed by atoms with Crippen LogP contribution in [0, 0.1) is 6.92 Å². The van der Waals surface area contributed by atoms with Gasteiger partial charge in [0.2, 0.25) is 0 Å². The molecule has 0 atom stereocenters. The van der Waals surface area contributed by atoms with Crippen LogP contribution >= 0.6 is 39.9 Å². The number of hydrogen-bond donors (Lipinski definition) is 1. The van der Waals surface area contributed by atoms with Crippen molar-refractivity contribution in [3.8, 4) is 0 Å². The second-order valence-electron chi connectivity index (χ2n) is 5.56. The molecule has 7 heteroatoms. The van der Waals surface area contributed by atoms with Crippen LogP contribution in [0.2, 0.25) is 0 Å². The monoisotopic (exact) mass is 505 g/mol. The van der Waals surface area contributed by atoms with E-state index in [2.05, 4.69) is 61.9 Å². The standard InChI is InChI=1S/C17H24BrN5.HI/c1-5-19-17(20-10-15-8-6-7-13(2)21-15)23(4)12-16-9-14(18)11-22(16)3;/h6-9,11H,5,10,12H2,1-4H3,(H,19,20);1H. The van der Waals surface area contributed by atoms with Gasteiger partial charge in [0.15, 0.2) is 5.96 Å². The first kappa shape index (κ1) is 21.0. The SMILES string of the molecule is CCNC(=NCc1cccc(C)n1)N(C)Cc1cc(Br)cn1C.I. The highest BCUT2D eigenvalue weighted by atomic mass is 127. The van der Waals surface area contributed by atoms with Gasteiger partial charge in [-0.2, -0.15) is 0 Å². The summed E-state index contributed by atoms with van der Waals surface area (Å²) in [5.74, 6) is 0.883. The van der Waals surface area contributed by atoms with E-state index >= 15 is 0 Å². The lowest BCUT2D eigenvalue weighted by Gasteiger charge is -2.22. The van der Waals surface area contributed by atoms with E-state index in [9.17, 15) is 0 Å². The first-order chi connectivity index (χ1) is 11.0. The average Bonchev–Trinajstić information content (AvgIpc) is 2.81. The lowest BCUT2D eigenvalue weighted by atomic mass is 10.3. The number of pyridine rings is 1. The van der Waals surface area contributed by atoms with Crippen LogP contribution in [0.25, 0.3) is 0 Å². The van der Waals surface area contributed by atoms with Crippen LogP contribution < -0.4 is 5.32 Å². The number of halogens is 2. The summed E-state index contributed by atoms with van der Waals surface area (Å²) in [7, 11) is 4.10. The number of aliphatic imine (C=N–C) groups is 1. The number of aromatic nitrogens is 2. The number of aryl methyl sites for hydroxylation is 2. The largest absolute Gasteiger partial charge is 0.357 e. The van der Waals surface area contributed by atoms with Crippen molar-refractivity contribution in [2.45, 2.75) is 26.9 Å². The van der Waals surface area contributed by atoms with Crippen molar-refractivity contribution in [1.29, 1.82) is 0 Å². The molecule has 2 rings (SSSR count). The molecular formula is C17H25BrIN5. The highest BCUT2D eigenvalue weighted by Gasteiger charge is 2.09. The molecule has 0 aromatic carbocycles. The van der Waals surface area contributed by atoms with Gasteiger partial charge in [-0.05, 0) is 48.0 Å². The maximum atomic E-state index is 4.71. The fourth-order valence-corrected chi connectivity index (χ4v) is 2.93. The van der Waals surface area contributed by atoms with E-state index in [1.807, 2.05) is 32.2 Å². The van der Waals surface area contributed by atoms with Gasteiger partial charge in [0.05, 0.1) is 18.8 Å². The first-order valence-corrected chi connectivity index (χ1v) is 8.51. The molecule has 0 aliphatic heterocycles. The van der Waals surface area contributed by atoms with E-state index in [0.717, 1.165) is 34.9 Å². The Morgan fingerprint density at radius 3 is 2.75 bits per heavy atom. The fourth-order valence-electron chi connectivity index (χ4n) is 2.35. The summed E-state index contributed by atoms with van der Waals surface area (Å²) in [6, 6.07) is 8.15. The third-order valence-corrected chi connectivity index (χ3v) is 3.94. The van der Waals surface area contributed by atoms with Crippen molar-refractivity contribution in [1.82, 2.24) is 19.8 Å². The molecule has 5 nitrogen and oxygen atoms in total. The Morgan fingerprint density at radius 2 is 2.17 bits per heavy atom. The van der Waals surface area contributed by atoms with Crippen LogP contribution in [0.1, 0.15) is 24.0 Å².